The molecule has 1 aliphatic carbocycles. The molecule has 1 rings (SSSR count). The lowest BCUT2D eigenvalue weighted by atomic mass is 9.59. The summed E-state index contributed by atoms with van der Waals surface area (Å²) in [4.78, 5) is -0.816. The third-order valence-electron chi connectivity index (χ3n) is 6.35. The van der Waals surface area contributed by atoms with Crippen LogP contribution in [-0.2, 0) is 0 Å². The normalized spacial score (nSPS) is 46.8. The summed E-state index contributed by atoms with van der Waals surface area (Å²) in [7, 11) is 0. The molecule has 90 valence electrons. The quantitative estimate of drug-likeness (QED) is 0.527. The van der Waals surface area contributed by atoms with Gasteiger partial charge in [0.15, 0.2) is 0 Å². The molecule has 2 unspecified atom stereocenters. The van der Waals surface area contributed by atoms with Crippen molar-refractivity contribution in [2.45, 2.75) is 65.1 Å². The van der Waals surface area contributed by atoms with Gasteiger partial charge in [0.1, 0.15) is 0 Å². The number of halogens is 2. The standard InChI is InChI=1S/C13H24Cl2/c1-9(2)10(3,4)12(7,14)13(8,15)11(9,5)6/h1-8H3. The molecule has 0 heterocycles. The Morgan fingerprint density at radius 2 is 0.667 bits per heavy atom. The van der Waals surface area contributed by atoms with Crippen LogP contribution >= 0.6 is 23.2 Å². The Bertz CT molecular complexity index is 193. The SMILES string of the molecule is CC1(C)C(C)(C)C(C)(Cl)C(C)(Cl)C1(C)C. The smallest absolute Gasteiger partial charge is 0.0668 e. The van der Waals surface area contributed by atoms with Crippen molar-refractivity contribution in [1.29, 1.82) is 0 Å². The molecule has 0 spiro atoms. The summed E-state index contributed by atoms with van der Waals surface area (Å²) < 4.78 is 0. The summed E-state index contributed by atoms with van der Waals surface area (Å²) in [5, 5.41) is 0. The zero-order chi connectivity index (χ0) is 12.5. The van der Waals surface area contributed by atoms with Crippen LogP contribution in [0.3, 0.4) is 0 Å². The summed E-state index contributed by atoms with van der Waals surface area (Å²) in [5.74, 6) is 0. The van der Waals surface area contributed by atoms with E-state index >= 15 is 0 Å². The van der Waals surface area contributed by atoms with Crippen molar-refractivity contribution in [3.8, 4) is 0 Å². The monoisotopic (exact) mass is 250 g/mol. The zero-order valence-electron chi connectivity index (χ0n) is 11.3. The molecule has 0 aromatic carbocycles. The van der Waals surface area contributed by atoms with Crippen LogP contribution < -0.4 is 0 Å². The summed E-state index contributed by atoms with van der Waals surface area (Å²) >= 11 is 13.6. The van der Waals surface area contributed by atoms with Gasteiger partial charge >= 0.3 is 0 Å². The van der Waals surface area contributed by atoms with Gasteiger partial charge in [-0.25, -0.2) is 0 Å². The van der Waals surface area contributed by atoms with Gasteiger partial charge in [0, 0.05) is 0 Å². The van der Waals surface area contributed by atoms with Crippen molar-refractivity contribution >= 4 is 23.2 Å². The zero-order valence-corrected chi connectivity index (χ0v) is 12.8. The van der Waals surface area contributed by atoms with Gasteiger partial charge in [-0.3, -0.25) is 0 Å². The highest BCUT2D eigenvalue weighted by atomic mass is 35.5. The molecule has 0 N–H and O–H groups in total. The van der Waals surface area contributed by atoms with Crippen molar-refractivity contribution in [3.63, 3.8) is 0 Å². The molecule has 1 fully saturated rings. The Hall–Kier alpha value is 0.580. The van der Waals surface area contributed by atoms with Crippen LogP contribution in [0.25, 0.3) is 0 Å². The number of alkyl halides is 2. The molecule has 0 saturated heterocycles. The highest BCUT2D eigenvalue weighted by Gasteiger charge is 2.74. The van der Waals surface area contributed by atoms with E-state index in [1.807, 2.05) is 0 Å². The maximum absolute atomic E-state index is 6.79. The Morgan fingerprint density at radius 1 is 0.467 bits per heavy atom. The van der Waals surface area contributed by atoms with Crippen LogP contribution in [0.4, 0.5) is 0 Å². The van der Waals surface area contributed by atoms with Gasteiger partial charge in [0.05, 0.1) is 9.75 Å². The molecule has 2 atom stereocenters. The average molecular weight is 251 g/mol. The fourth-order valence-corrected chi connectivity index (χ4v) is 4.07. The molecule has 15 heavy (non-hydrogen) atoms. The van der Waals surface area contributed by atoms with Crippen LogP contribution in [0.5, 0.6) is 0 Å². The second-order valence-electron chi connectivity index (χ2n) is 6.88. The minimum absolute atomic E-state index is 0.0123. The lowest BCUT2D eigenvalue weighted by molar-refractivity contribution is 0.0393. The molecule has 0 aromatic heterocycles. The Balaban J connectivity index is 3.55. The summed E-state index contributed by atoms with van der Waals surface area (Å²) in [6.07, 6.45) is 0. The lowest BCUT2D eigenvalue weighted by Crippen LogP contribution is -2.48. The predicted octanol–water partition coefficient (Wildman–Crippen LogP) is 5.07. The minimum Gasteiger partial charge on any atom is -0.117 e. The second kappa shape index (κ2) is 2.88. The molecule has 2 heteroatoms. The molecular formula is C13H24Cl2. The third-order valence-corrected chi connectivity index (χ3v) is 8.15. The predicted molar refractivity (Wildman–Crippen MR) is 69.9 cm³/mol. The fourth-order valence-electron chi connectivity index (χ4n) is 3.13. The topological polar surface area (TPSA) is 0 Å². The highest BCUT2D eigenvalue weighted by Crippen LogP contribution is 2.74. The van der Waals surface area contributed by atoms with E-state index in [1.54, 1.807) is 0 Å². The van der Waals surface area contributed by atoms with E-state index in [1.165, 1.54) is 0 Å². The largest absolute Gasteiger partial charge is 0.117 e. The van der Waals surface area contributed by atoms with Crippen molar-refractivity contribution in [2.75, 3.05) is 0 Å². The van der Waals surface area contributed by atoms with Gasteiger partial charge in [-0.15, -0.1) is 23.2 Å². The highest BCUT2D eigenvalue weighted by molar-refractivity contribution is 6.36. The number of rotatable bonds is 0. The first-order chi connectivity index (χ1) is 6.25. The van der Waals surface area contributed by atoms with Crippen molar-refractivity contribution in [1.82, 2.24) is 0 Å². The molecule has 1 aliphatic rings. The van der Waals surface area contributed by atoms with Crippen LogP contribution in [0.1, 0.15) is 55.4 Å². The van der Waals surface area contributed by atoms with Crippen LogP contribution in [0.2, 0.25) is 0 Å². The minimum atomic E-state index is -0.408. The fraction of sp³-hybridized carbons (Fsp3) is 1.00. The average Bonchev–Trinajstić information content (AvgIpc) is 2.04. The van der Waals surface area contributed by atoms with E-state index in [-0.39, 0.29) is 16.2 Å². The summed E-state index contributed by atoms with van der Waals surface area (Å²) in [6, 6.07) is 0. The lowest BCUT2D eigenvalue weighted by Gasteiger charge is -2.46. The van der Waals surface area contributed by atoms with Gasteiger partial charge < -0.3 is 0 Å². The second-order valence-corrected chi connectivity index (χ2v) is 8.39. The maximum atomic E-state index is 6.79. The molecule has 0 amide bonds. The molecule has 0 nitrogen and oxygen atoms in total. The maximum Gasteiger partial charge on any atom is 0.0668 e. The van der Waals surface area contributed by atoms with Crippen LogP contribution in [-0.4, -0.2) is 9.75 Å². The first-order valence-corrected chi connectivity index (χ1v) is 6.38. The van der Waals surface area contributed by atoms with Crippen molar-refractivity contribution in [3.05, 3.63) is 0 Å². The molecule has 0 aliphatic heterocycles. The number of hydrogen-bond donors (Lipinski definition) is 0. The first kappa shape index (κ1) is 13.6. The molecule has 0 bridgehead atoms. The van der Waals surface area contributed by atoms with Gasteiger partial charge in [0.2, 0.25) is 0 Å². The van der Waals surface area contributed by atoms with Crippen LogP contribution in [0, 0.1) is 16.2 Å². The van der Waals surface area contributed by atoms with E-state index in [0.717, 1.165) is 0 Å². The summed E-state index contributed by atoms with van der Waals surface area (Å²) in [5.41, 5.74) is 0.0656. The third kappa shape index (κ3) is 1.11. The van der Waals surface area contributed by atoms with Gasteiger partial charge in [-0.1, -0.05) is 41.5 Å². The number of hydrogen-bond acceptors (Lipinski definition) is 0. The van der Waals surface area contributed by atoms with E-state index in [4.69, 9.17) is 23.2 Å². The molecule has 0 radical (unpaired) electrons. The van der Waals surface area contributed by atoms with Gasteiger partial charge in [-0.05, 0) is 30.1 Å². The molecular weight excluding hydrogens is 227 g/mol. The molecule has 1 saturated carbocycles. The van der Waals surface area contributed by atoms with Crippen molar-refractivity contribution < 1.29 is 0 Å². The van der Waals surface area contributed by atoms with E-state index in [0.29, 0.717) is 0 Å². The van der Waals surface area contributed by atoms with E-state index in [2.05, 4.69) is 55.4 Å². The Kier molecular flexibility index (Phi) is 2.62. The van der Waals surface area contributed by atoms with Crippen LogP contribution in [0.15, 0.2) is 0 Å². The van der Waals surface area contributed by atoms with Gasteiger partial charge in [0.25, 0.3) is 0 Å². The van der Waals surface area contributed by atoms with E-state index < -0.39 is 9.75 Å². The first-order valence-electron chi connectivity index (χ1n) is 5.63. The Morgan fingerprint density at radius 3 is 0.733 bits per heavy atom. The van der Waals surface area contributed by atoms with Crippen molar-refractivity contribution in [2.24, 2.45) is 16.2 Å². The summed E-state index contributed by atoms with van der Waals surface area (Å²) in [6.45, 7) is 17.6. The van der Waals surface area contributed by atoms with Gasteiger partial charge in [-0.2, -0.15) is 0 Å². The Labute approximate surface area is 105 Å². The molecule has 0 aromatic rings. The van der Waals surface area contributed by atoms with E-state index in [9.17, 15) is 0 Å².